The molecule has 7 nitrogen and oxygen atoms in total. The molecule has 0 radical (unpaired) electrons. The number of likely N-dealkylation sites (tertiary alicyclic amines) is 2. The number of fused-ring (bicyclic) bond motifs is 1. The first-order valence-corrected chi connectivity index (χ1v) is 11.1. The summed E-state index contributed by atoms with van der Waals surface area (Å²) >= 11 is 0. The number of para-hydroxylation sites is 2. The Hall–Kier alpha value is -3.06. The summed E-state index contributed by atoms with van der Waals surface area (Å²) in [6.45, 7) is 4.56. The highest BCUT2D eigenvalue weighted by Gasteiger charge is 2.30. The Bertz CT molecular complexity index is 992. The normalized spacial score (nSPS) is 18.1. The molecule has 3 aromatic rings. The molecule has 1 aromatic heterocycles. The van der Waals surface area contributed by atoms with Crippen LogP contribution in [0.15, 0.2) is 48.5 Å². The number of benzene rings is 2. The number of aromatic nitrogens is 2. The molecule has 2 aromatic carbocycles. The van der Waals surface area contributed by atoms with Crippen molar-refractivity contribution in [2.24, 2.45) is 0 Å². The molecule has 0 bridgehead atoms. The number of imidazole rings is 1. The number of carbonyl (C=O) groups excluding carboxylic acids is 1. The molecule has 7 heteroatoms. The van der Waals surface area contributed by atoms with E-state index in [2.05, 4.69) is 19.8 Å². The minimum atomic E-state index is 0.342. The van der Waals surface area contributed by atoms with Gasteiger partial charge in [0.25, 0.3) is 6.01 Å². The maximum absolute atomic E-state index is 11.9. The molecule has 0 atom stereocenters. The second kappa shape index (κ2) is 8.98. The summed E-state index contributed by atoms with van der Waals surface area (Å²) < 4.78 is 11.7. The van der Waals surface area contributed by atoms with Crippen molar-refractivity contribution in [3.05, 3.63) is 48.5 Å². The van der Waals surface area contributed by atoms with Crippen LogP contribution in [-0.4, -0.2) is 64.5 Å². The number of aromatic amines is 1. The molecule has 1 amide bonds. The maximum atomic E-state index is 11.9. The first kappa shape index (κ1) is 19.9. The highest BCUT2D eigenvalue weighted by molar-refractivity contribution is 5.78. The molecule has 0 saturated carbocycles. The van der Waals surface area contributed by atoms with Crippen LogP contribution in [0, 0.1) is 0 Å². The summed E-state index contributed by atoms with van der Waals surface area (Å²) in [6, 6.07) is 16.4. The van der Waals surface area contributed by atoms with E-state index in [1.165, 1.54) is 0 Å². The average Bonchev–Trinajstić information content (AvgIpc) is 3.41. The van der Waals surface area contributed by atoms with Crippen molar-refractivity contribution in [1.29, 1.82) is 0 Å². The van der Waals surface area contributed by atoms with Crippen LogP contribution in [0.3, 0.4) is 0 Å². The third-order valence-electron chi connectivity index (χ3n) is 6.19. The molecule has 0 unspecified atom stereocenters. The SMILES string of the molecule is O=C1CCCN1C1CCN(CCOc2ccc(Oc3nc4ccccc4[nH]3)cc2)CC1. The third-order valence-corrected chi connectivity index (χ3v) is 6.19. The number of hydrogen-bond acceptors (Lipinski definition) is 5. The van der Waals surface area contributed by atoms with E-state index in [-0.39, 0.29) is 0 Å². The van der Waals surface area contributed by atoms with Gasteiger partial charge in [0.15, 0.2) is 0 Å². The monoisotopic (exact) mass is 420 g/mol. The highest BCUT2D eigenvalue weighted by Crippen LogP contribution is 2.25. The first-order valence-electron chi connectivity index (χ1n) is 11.1. The second-order valence-corrected chi connectivity index (χ2v) is 8.24. The molecule has 1 N–H and O–H groups in total. The van der Waals surface area contributed by atoms with Crippen molar-refractivity contribution in [2.75, 3.05) is 32.8 Å². The summed E-state index contributed by atoms with van der Waals surface area (Å²) in [5.41, 5.74) is 1.84. The third kappa shape index (κ3) is 4.66. The lowest BCUT2D eigenvalue weighted by Crippen LogP contribution is -2.46. The Morgan fingerprint density at radius 2 is 1.77 bits per heavy atom. The van der Waals surface area contributed by atoms with E-state index in [0.717, 1.165) is 68.6 Å². The Morgan fingerprint density at radius 1 is 1.00 bits per heavy atom. The van der Waals surface area contributed by atoms with Gasteiger partial charge in [0.1, 0.15) is 18.1 Å². The van der Waals surface area contributed by atoms with Gasteiger partial charge in [-0.25, -0.2) is 0 Å². The van der Waals surface area contributed by atoms with Crippen LogP contribution < -0.4 is 9.47 Å². The Kier molecular flexibility index (Phi) is 5.76. The van der Waals surface area contributed by atoms with E-state index in [9.17, 15) is 4.79 Å². The first-order chi connectivity index (χ1) is 15.2. The molecule has 2 fully saturated rings. The molecule has 162 valence electrons. The van der Waals surface area contributed by atoms with Crippen molar-refractivity contribution in [3.8, 4) is 17.5 Å². The van der Waals surface area contributed by atoms with Gasteiger partial charge in [0.2, 0.25) is 5.91 Å². The van der Waals surface area contributed by atoms with Crippen LogP contribution in [0.2, 0.25) is 0 Å². The van der Waals surface area contributed by atoms with Crippen molar-refractivity contribution in [3.63, 3.8) is 0 Å². The van der Waals surface area contributed by atoms with Gasteiger partial charge >= 0.3 is 0 Å². The van der Waals surface area contributed by atoms with Gasteiger partial charge < -0.3 is 19.4 Å². The van der Waals surface area contributed by atoms with Crippen LogP contribution in [0.25, 0.3) is 11.0 Å². The lowest BCUT2D eigenvalue weighted by atomic mass is 10.0. The van der Waals surface area contributed by atoms with Gasteiger partial charge in [0.05, 0.1) is 11.0 Å². The fourth-order valence-electron chi connectivity index (χ4n) is 4.50. The average molecular weight is 421 g/mol. The van der Waals surface area contributed by atoms with E-state index < -0.39 is 0 Å². The zero-order valence-electron chi connectivity index (χ0n) is 17.6. The molecule has 2 saturated heterocycles. The number of nitrogens with zero attached hydrogens (tertiary/aromatic N) is 3. The highest BCUT2D eigenvalue weighted by atomic mass is 16.5. The predicted molar refractivity (Wildman–Crippen MR) is 119 cm³/mol. The molecule has 2 aliphatic rings. The van der Waals surface area contributed by atoms with E-state index in [4.69, 9.17) is 9.47 Å². The summed E-state index contributed by atoms with van der Waals surface area (Å²) in [5, 5.41) is 0. The molecule has 0 spiro atoms. The molecule has 0 aliphatic carbocycles. The zero-order chi connectivity index (χ0) is 21.0. The molecule has 2 aliphatic heterocycles. The predicted octanol–water partition coefficient (Wildman–Crippen LogP) is 3.82. The van der Waals surface area contributed by atoms with Crippen molar-refractivity contribution in [2.45, 2.75) is 31.7 Å². The Labute approximate surface area is 182 Å². The molecule has 5 rings (SSSR count). The van der Waals surface area contributed by atoms with E-state index in [0.29, 0.717) is 30.3 Å². The Balaban J connectivity index is 1.06. The van der Waals surface area contributed by atoms with Gasteiger partial charge in [-0.15, -0.1) is 0 Å². The van der Waals surface area contributed by atoms with E-state index >= 15 is 0 Å². The van der Waals surface area contributed by atoms with Crippen LogP contribution >= 0.6 is 0 Å². The molecule has 3 heterocycles. The topological polar surface area (TPSA) is 70.7 Å². The molecular weight excluding hydrogens is 392 g/mol. The number of H-pyrrole nitrogens is 1. The van der Waals surface area contributed by atoms with Gasteiger partial charge in [-0.3, -0.25) is 9.69 Å². The molecule has 31 heavy (non-hydrogen) atoms. The van der Waals surface area contributed by atoms with E-state index in [1.54, 1.807) is 0 Å². The number of carbonyl (C=O) groups is 1. The van der Waals surface area contributed by atoms with Crippen LogP contribution in [0.5, 0.6) is 17.5 Å². The lowest BCUT2D eigenvalue weighted by molar-refractivity contribution is -0.130. The van der Waals surface area contributed by atoms with Gasteiger partial charge in [-0.05, 0) is 55.7 Å². The fourth-order valence-corrected chi connectivity index (χ4v) is 4.50. The van der Waals surface area contributed by atoms with Crippen molar-refractivity contribution >= 4 is 16.9 Å². The maximum Gasteiger partial charge on any atom is 0.300 e. The number of piperidine rings is 1. The standard InChI is InChI=1S/C24H28N4O3/c29-23-6-3-13-28(23)18-11-14-27(15-12-18)16-17-30-19-7-9-20(10-8-19)31-24-25-21-4-1-2-5-22(21)26-24/h1-2,4-5,7-10,18H,3,6,11-17H2,(H,25,26). The summed E-state index contributed by atoms with van der Waals surface area (Å²) in [4.78, 5) is 24.0. The van der Waals surface area contributed by atoms with Crippen LogP contribution in [0.1, 0.15) is 25.7 Å². The van der Waals surface area contributed by atoms with E-state index in [1.807, 2.05) is 48.5 Å². The largest absolute Gasteiger partial charge is 0.492 e. The summed E-state index contributed by atoms with van der Waals surface area (Å²) in [6.07, 6.45) is 3.89. The quantitative estimate of drug-likeness (QED) is 0.629. The number of ether oxygens (including phenoxy) is 2. The van der Waals surface area contributed by atoms with Crippen LogP contribution in [0.4, 0.5) is 0 Å². The minimum absolute atomic E-state index is 0.342. The number of amides is 1. The van der Waals surface area contributed by atoms with Crippen molar-refractivity contribution < 1.29 is 14.3 Å². The summed E-state index contributed by atoms with van der Waals surface area (Å²) in [7, 11) is 0. The van der Waals surface area contributed by atoms with Gasteiger partial charge in [0, 0.05) is 38.6 Å². The Morgan fingerprint density at radius 3 is 2.52 bits per heavy atom. The van der Waals surface area contributed by atoms with Crippen LogP contribution in [-0.2, 0) is 4.79 Å². The minimum Gasteiger partial charge on any atom is -0.492 e. The van der Waals surface area contributed by atoms with Gasteiger partial charge in [-0.1, -0.05) is 12.1 Å². The number of rotatable bonds is 7. The second-order valence-electron chi connectivity index (χ2n) is 8.24. The zero-order valence-corrected chi connectivity index (χ0v) is 17.6. The number of nitrogens with one attached hydrogen (secondary N) is 1. The summed E-state index contributed by atoms with van der Waals surface area (Å²) in [5.74, 6) is 1.88. The van der Waals surface area contributed by atoms with Gasteiger partial charge in [-0.2, -0.15) is 4.98 Å². The van der Waals surface area contributed by atoms with Crippen molar-refractivity contribution in [1.82, 2.24) is 19.8 Å². The smallest absolute Gasteiger partial charge is 0.300 e. The number of hydrogen-bond donors (Lipinski definition) is 1. The molecular formula is C24H28N4O3. The fraction of sp³-hybridized carbons (Fsp3) is 0.417. The lowest BCUT2D eigenvalue weighted by Gasteiger charge is -2.36.